The van der Waals surface area contributed by atoms with E-state index in [1.807, 2.05) is 12.1 Å². The van der Waals surface area contributed by atoms with Gasteiger partial charge in [-0.1, -0.05) is 29.3 Å². The zero-order chi connectivity index (χ0) is 16.8. The predicted molar refractivity (Wildman–Crippen MR) is 101 cm³/mol. The highest BCUT2D eigenvalue weighted by Crippen LogP contribution is 2.26. The van der Waals surface area contributed by atoms with E-state index >= 15 is 0 Å². The van der Waals surface area contributed by atoms with E-state index in [0.717, 1.165) is 18.7 Å². The molecule has 1 aromatic carbocycles. The number of allylic oxidation sites excluding steroid dienone is 1. The quantitative estimate of drug-likeness (QED) is 0.686. The summed E-state index contributed by atoms with van der Waals surface area (Å²) in [5, 5.41) is 6.59. The number of nitrogen functional groups attached to an aromatic ring is 1. The number of nitrogens with two attached hydrogens (primary N) is 1. The summed E-state index contributed by atoms with van der Waals surface area (Å²) < 4.78 is 0. The molecule has 0 fully saturated rings. The lowest BCUT2D eigenvalue weighted by Gasteiger charge is -2.15. The van der Waals surface area contributed by atoms with Gasteiger partial charge in [-0.05, 0) is 51.2 Å². The van der Waals surface area contributed by atoms with Crippen molar-refractivity contribution in [3.05, 3.63) is 47.8 Å². The lowest BCUT2D eigenvalue weighted by Crippen LogP contribution is -2.10. The zero-order valence-electron chi connectivity index (χ0n) is 14.2. The number of hydrogen-bond acceptors (Lipinski definition) is 5. The smallest absolute Gasteiger partial charge is 0.159 e. The van der Waals surface area contributed by atoms with Gasteiger partial charge in [-0.2, -0.15) is 0 Å². The van der Waals surface area contributed by atoms with Gasteiger partial charge in [0.1, 0.15) is 12.0 Å². The van der Waals surface area contributed by atoms with Crippen LogP contribution in [0, 0.1) is 6.92 Å². The Morgan fingerprint density at radius 2 is 1.88 bits per heavy atom. The SMILES string of the molecule is Cc1ccc(Nc2ncnc(NCCC3=CCCCC3)c2N)cc1. The van der Waals surface area contributed by atoms with Gasteiger partial charge in [0, 0.05) is 12.2 Å². The number of rotatable bonds is 6. The van der Waals surface area contributed by atoms with E-state index in [4.69, 9.17) is 5.73 Å². The summed E-state index contributed by atoms with van der Waals surface area (Å²) in [7, 11) is 0. The van der Waals surface area contributed by atoms with Gasteiger partial charge < -0.3 is 16.4 Å². The lowest BCUT2D eigenvalue weighted by molar-refractivity contribution is 0.679. The summed E-state index contributed by atoms with van der Waals surface area (Å²) in [5.41, 5.74) is 10.5. The van der Waals surface area contributed by atoms with Crippen LogP contribution >= 0.6 is 0 Å². The Kier molecular flexibility index (Phi) is 5.31. The van der Waals surface area contributed by atoms with Crippen molar-refractivity contribution >= 4 is 23.0 Å². The van der Waals surface area contributed by atoms with E-state index in [1.54, 1.807) is 5.57 Å². The highest BCUT2D eigenvalue weighted by atomic mass is 15.1. The average molecular weight is 323 g/mol. The predicted octanol–water partition coefficient (Wildman–Crippen LogP) is 4.41. The van der Waals surface area contributed by atoms with Gasteiger partial charge in [-0.15, -0.1) is 0 Å². The summed E-state index contributed by atoms with van der Waals surface area (Å²) in [5.74, 6) is 1.32. The van der Waals surface area contributed by atoms with E-state index in [9.17, 15) is 0 Å². The van der Waals surface area contributed by atoms with Crippen molar-refractivity contribution in [2.24, 2.45) is 0 Å². The Labute approximate surface area is 143 Å². The van der Waals surface area contributed by atoms with Gasteiger partial charge in [-0.25, -0.2) is 9.97 Å². The standard InChI is InChI=1S/C19H25N5/c1-14-7-9-16(10-8-14)24-19-17(20)18(22-13-23-19)21-12-11-15-5-3-2-4-6-15/h5,7-10,13H,2-4,6,11-12,20H2,1H3,(H2,21,22,23,24). The zero-order valence-corrected chi connectivity index (χ0v) is 14.2. The monoisotopic (exact) mass is 323 g/mol. The van der Waals surface area contributed by atoms with Crippen LogP contribution in [0.25, 0.3) is 0 Å². The molecule has 0 atom stereocenters. The first-order chi connectivity index (χ1) is 11.7. The van der Waals surface area contributed by atoms with Crippen LogP contribution in [0.15, 0.2) is 42.2 Å². The number of nitrogens with zero attached hydrogens (tertiary/aromatic N) is 2. The van der Waals surface area contributed by atoms with Crippen LogP contribution in [0.4, 0.5) is 23.0 Å². The maximum Gasteiger partial charge on any atom is 0.159 e. The van der Waals surface area contributed by atoms with Crippen molar-refractivity contribution < 1.29 is 0 Å². The third-order valence-corrected chi connectivity index (χ3v) is 4.32. The third kappa shape index (κ3) is 4.25. The number of nitrogens with one attached hydrogen (secondary N) is 2. The van der Waals surface area contributed by atoms with Crippen molar-refractivity contribution in [1.29, 1.82) is 0 Å². The normalized spacial score (nSPS) is 14.1. The van der Waals surface area contributed by atoms with Crippen molar-refractivity contribution in [2.75, 3.05) is 22.9 Å². The molecule has 3 rings (SSSR count). The average Bonchev–Trinajstić information content (AvgIpc) is 2.61. The molecule has 0 radical (unpaired) electrons. The molecule has 0 saturated carbocycles. The Balaban J connectivity index is 1.62. The number of anilines is 4. The highest BCUT2D eigenvalue weighted by molar-refractivity contribution is 5.77. The van der Waals surface area contributed by atoms with Crippen LogP contribution in [-0.2, 0) is 0 Å². The van der Waals surface area contributed by atoms with Crippen LogP contribution in [0.1, 0.15) is 37.7 Å². The molecule has 5 heteroatoms. The molecule has 1 aromatic heterocycles. The first-order valence-electron chi connectivity index (χ1n) is 8.58. The van der Waals surface area contributed by atoms with E-state index in [2.05, 4.69) is 45.7 Å². The molecule has 4 N–H and O–H groups in total. The van der Waals surface area contributed by atoms with Crippen LogP contribution in [0.3, 0.4) is 0 Å². The van der Waals surface area contributed by atoms with Gasteiger partial charge in [-0.3, -0.25) is 0 Å². The number of aryl methyl sites for hydroxylation is 1. The highest BCUT2D eigenvalue weighted by Gasteiger charge is 2.09. The number of benzene rings is 1. The van der Waals surface area contributed by atoms with Crippen LogP contribution in [0.2, 0.25) is 0 Å². The maximum absolute atomic E-state index is 6.22. The fraction of sp³-hybridized carbons (Fsp3) is 0.368. The van der Waals surface area contributed by atoms with Crippen LogP contribution < -0.4 is 16.4 Å². The first kappa shape index (κ1) is 16.3. The molecule has 0 bridgehead atoms. The summed E-state index contributed by atoms with van der Waals surface area (Å²) in [4.78, 5) is 8.53. The molecule has 1 aliphatic carbocycles. The topological polar surface area (TPSA) is 75.9 Å². The van der Waals surface area contributed by atoms with Gasteiger partial charge in [0.05, 0.1) is 0 Å². The van der Waals surface area contributed by atoms with Gasteiger partial charge >= 0.3 is 0 Å². The Hall–Kier alpha value is -2.56. The number of aromatic nitrogens is 2. The molecular weight excluding hydrogens is 298 g/mol. The second-order valence-electron chi connectivity index (χ2n) is 6.26. The largest absolute Gasteiger partial charge is 0.393 e. The van der Waals surface area contributed by atoms with Gasteiger partial charge in [0.2, 0.25) is 0 Å². The molecule has 126 valence electrons. The van der Waals surface area contributed by atoms with E-state index in [1.165, 1.54) is 37.6 Å². The van der Waals surface area contributed by atoms with Crippen LogP contribution in [-0.4, -0.2) is 16.5 Å². The minimum Gasteiger partial charge on any atom is -0.393 e. The third-order valence-electron chi connectivity index (χ3n) is 4.32. The lowest BCUT2D eigenvalue weighted by atomic mass is 9.97. The fourth-order valence-electron chi connectivity index (χ4n) is 2.88. The molecule has 0 saturated heterocycles. The minimum absolute atomic E-state index is 0.552. The second kappa shape index (κ2) is 7.81. The Morgan fingerprint density at radius 1 is 1.08 bits per heavy atom. The van der Waals surface area contributed by atoms with Crippen molar-refractivity contribution in [3.63, 3.8) is 0 Å². The van der Waals surface area contributed by atoms with E-state index in [-0.39, 0.29) is 0 Å². The Bertz CT molecular complexity index is 706. The summed E-state index contributed by atoms with van der Waals surface area (Å²) in [6.07, 6.45) is 10.0. The maximum atomic E-state index is 6.22. The van der Waals surface area contributed by atoms with E-state index in [0.29, 0.717) is 17.3 Å². The first-order valence-corrected chi connectivity index (χ1v) is 8.58. The fourth-order valence-corrected chi connectivity index (χ4v) is 2.88. The molecular formula is C19H25N5. The minimum atomic E-state index is 0.552. The van der Waals surface area contributed by atoms with E-state index < -0.39 is 0 Å². The molecule has 1 heterocycles. The molecule has 0 unspecified atom stereocenters. The Morgan fingerprint density at radius 3 is 2.62 bits per heavy atom. The van der Waals surface area contributed by atoms with Gasteiger partial charge in [0.15, 0.2) is 11.6 Å². The summed E-state index contributed by atoms with van der Waals surface area (Å²) >= 11 is 0. The molecule has 24 heavy (non-hydrogen) atoms. The molecule has 0 spiro atoms. The molecule has 0 amide bonds. The van der Waals surface area contributed by atoms with Crippen molar-refractivity contribution in [2.45, 2.75) is 39.0 Å². The molecule has 0 aliphatic heterocycles. The number of hydrogen-bond donors (Lipinski definition) is 3. The van der Waals surface area contributed by atoms with Crippen LogP contribution in [0.5, 0.6) is 0 Å². The molecule has 1 aliphatic rings. The summed E-state index contributed by atoms with van der Waals surface area (Å²) in [6, 6.07) is 8.13. The van der Waals surface area contributed by atoms with Crippen molar-refractivity contribution in [1.82, 2.24) is 9.97 Å². The molecule has 5 nitrogen and oxygen atoms in total. The van der Waals surface area contributed by atoms with Crippen molar-refractivity contribution in [3.8, 4) is 0 Å². The second-order valence-corrected chi connectivity index (χ2v) is 6.26. The van der Waals surface area contributed by atoms with Gasteiger partial charge in [0.25, 0.3) is 0 Å². The molecule has 2 aromatic rings. The summed E-state index contributed by atoms with van der Waals surface area (Å²) in [6.45, 7) is 2.91.